The molecule has 2 aromatic heterocycles. The molecule has 0 bridgehead atoms. The van der Waals surface area contributed by atoms with Crippen molar-refractivity contribution in [2.45, 2.75) is 170 Å². The number of hydrogen-bond donors (Lipinski definition) is 2. The van der Waals surface area contributed by atoms with Gasteiger partial charge in [0.1, 0.15) is 29.8 Å². The first-order valence-corrected chi connectivity index (χ1v) is 28.7. The predicted molar refractivity (Wildman–Crippen MR) is 288 cm³/mol. The zero-order chi connectivity index (χ0) is 55.8. The SMILES string of the molecule is COC(c1cc(F)cc(F)c1)c1nc2cc(F)c(F)cc2n1C(C(=O)NC1CCCCC1)(C1CCCCC1)C(C(=O)NC1CCCCC1)(C1CCCCC1)n1c(C(Cc2ccccc2)(OC)C2=COCO2)nc2cc(F)c(F)cc21. The maximum Gasteiger partial charge on any atom is 0.249 e. The zero-order valence-corrected chi connectivity index (χ0v) is 45.5. The molecule has 2 amide bonds. The lowest BCUT2D eigenvalue weighted by molar-refractivity contribution is -0.165. The fraction of sp³-hybridized carbons (Fsp3) is 0.516. The lowest BCUT2D eigenvalue weighted by Crippen LogP contribution is -2.76. The number of halogens is 6. The maximum atomic E-state index is 18.0. The van der Waals surface area contributed by atoms with Gasteiger partial charge in [0.25, 0.3) is 0 Å². The third-order valence-electron chi connectivity index (χ3n) is 18.2. The van der Waals surface area contributed by atoms with Gasteiger partial charge in [0.2, 0.25) is 18.6 Å². The molecule has 80 heavy (non-hydrogen) atoms. The molecule has 0 spiro atoms. The molecule has 3 heterocycles. The Hall–Kier alpha value is -6.40. The number of carbonyl (C=O) groups excluding carboxylic acids is 2. The summed E-state index contributed by atoms with van der Waals surface area (Å²) in [5, 5.41) is 7.08. The molecule has 6 aromatic rings. The summed E-state index contributed by atoms with van der Waals surface area (Å²) in [6.07, 6.45) is 12.1. The maximum absolute atomic E-state index is 18.0. The van der Waals surface area contributed by atoms with Crippen molar-refractivity contribution in [1.29, 1.82) is 0 Å². The number of carbonyl (C=O) groups is 2. The van der Waals surface area contributed by atoms with E-state index >= 15 is 35.9 Å². The van der Waals surface area contributed by atoms with Gasteiger partial charge in [-0.25, -0.2) is 36.3 Å². The molecule has 12 nitrogen and oxygen atoms in total. The monoisotopic (exact) mass is 1110 g/mol. The second-order valence-electron chi connectivity index (χ2n) is 22.8. The Balaban J connectivity index is 1.40. The Kier molecular flexibility index (Phi) is 16.1. The largest absolute Gasteiger partial charge is 0.461 e. The van der Waals surface area contributed by atoms with Gasteiger partial charge >= 0.3 is 0 Å². The number of rotatable bonds is 17. The topological polar surface area (TPSA) is 131 Å². The van der Waals surface area contributed by atoms with Crippen molar-refractivity contribution in [3.05, 3.63) is 142 Å². The van der Waals surface area contributed by atoms with Crippen molar-refractivity contribution >= 4 is 33.9 Å². The Morgan fingerprint density at radius 2 is 1.09 bits per heavy atom. The normalized spacial score (nSPS) is 20.8. The zero-order valence-electron chi connectivity index (χ0n) is 45.5. The molecule has 4 aromatic carbocycles. The van der Waals surface area contributed by atoms with Gasteiger partial charge in [0, 0.05) is 63.1 Å². The molecule has 2 N–H and O–H groups in total. The molecule has 4 saturated carbocycles. The van der Waals surface area contributed by atoms with Gasteiger partial charge in [-0.2, -0.15) is 0 Å². The number of methoxy groups -OCH3 is 2. The minimum atomic E-state index is -2.43. The standard InChI is InChI=1S/C62H70F6N6O6/c1-77-55(39-28-42(63)30-43(64)29-39)56-71-50-31-46(65)48(67)33-52(50)73(56)61(40-20-10-4-11-21-40,58(75)69-44-24-14-6-15-25-44)62(41-22-12-5-13-23-41,59(76)70-45-26-16-7-17-27-45)74-53-34-49(68)47(66)32-51(53)72-57(74)60(78-2,54-36-79-37-80-54)35-38-18-8-3-9-19-38/h3,8-9,18-19,28-34,36,40-41,44-45,55H,4-7,10-17,20-27,35,37H2,1-2H3,(H,69,75)(H,70,76). The van der Waals surface area contributed by atoms with Crippen LogP contribution in [0.3, 0.4) is 0 Å². The molecule has 0 radical (unpaired) electrons. The van der Waals surface area contributed by atoms with E-state index in [0.29, 0.717) is 88.7 Å². The van der Waals surface area contributed by atoms with Crippen molar-refractivity contribution in [3.8, 4) is 0 Å². The van der Waals surface area contributed by atoms with Gasteiger partial charge in [0.05, 0.1) is 22.1 Å². The summed E-state index contributed by atoms with van der Waals surface area (Å²) in [5.41, 5.74) is -6.54. The Morgan fingerprint density at radius 3 is 1.57 bits per heavy atom. The molecule has 5 aliphatic rings. The van der Waals surface area contributed by atoms with Crippen LogP contribution in [-0.2, 0) is 51.6 Å². The minimum absolute atomic E-state index is 0.0515. The summed E-state index contributed by atoms with van der Waals surface area (Å²) in [6.45, 7) is -0.240. The molecule has 11 rings (SSSR count). The van der Waals surface area contributed by atoms with Crippen molar-refractivity contribution in [2.24, 2.45) is 11.8 Å². The third-order valence-corrected chi connectivity index (χ3v) is 18.2. The lowest BCUT2D eigenvalue weighted by atomic mass is 9.55. The first-order valence-electron chi connectivity index (χ1n) is 28.7. The fourth-order valence-corrected chi connectivity index (χ4v) is 14.7. The van der Waals surface area contributed by atoms with E-state index in [-0.39, 0.29) is 58.3 Å². The van der Waals surface area contributed by atoms with E-state index < -0.39 is 93.4 Å². The highest BCUT2D eigenvalue weighted by molar-refractivity contribution is 6.00. The average molecular weight is 1110 g/mol. The van der Waals surface area contributed by atoms with Gasteiger partial charge in [-0.15, -0.1) is 0 Å². The predicted octanol–water partition coefficient (Wildman–Crippen LogP) is 13.0. The van der Waals surface area contributed by atoms with Crippen LogP contribution in [-0.4, -0.2) is 64.0 Å². The number of fused-ring (bicyclic) bond motifs is 2. The number of nitrogens with zero attached hydrogens (tertiary/aromatic N) is 4. The van der Waals surface area contributed by atoms with Crippen LogP contribution in [0.1, 0.15) is 157 Å². The van der Waals surface area contributed by atoms with Gasteiger partial charge in [-0.1, -0.05) is 107 Å². The van der Waals surface area contributed by atoms with Crippen molar-refractivity contribution < 1.29 is 54.9 Å². The van der Waals surface area contributed by atoms with E-state index in [1.807, 2.05) is 30.3 Å². The fourth-order valence-electron chi connectivity index (χ4n) is 14.7. The molecule has 4 fully saturated rings. The lowest BCUT2D eigenvalue weighted by Gasteiger charge is -2.59. The number of ether oxygens (including phenoxy) is 4. The highest BCUT2D eigenvalue weighted by Crippen LogP contribution is 2.60. The quantitative estimate of drug-likeness (QED) is 0.0864. The first kappa shape index (κ1) is 55.5. The van der Waals surface area contributed by atoms with Crippen LogP contribution in [0.5, 0.6) is 0 Å². The molecule has 1 aliphatic heterocycles. The van der Waals surface area contributed by atoms with Crippen LogP contribution in [0.4, 0.5) is 26.3 Å². The number of aromatic nitrogens is 4. The molecule has 426 valence electrons. The van der Waals surface area contributed by atoms with Crippen LogP contribution >= 0.6 is 0 Å². The van der Waals surface area contributed by atoms with Crippen molar-refractivity contribution in [1.82, 2.24) is 29.7 Å². The molecular formula is C62H70F6N6O6. The Bertz CT molecular complexity index is 3240. The summed E-state index contributed by atoms with van der Waals surface area (Å²) in [6, 6.07) is 15.1. The number of nitrogens with one attached hydrogen (secondary N) is 2. The van der Waals surface area contributed by atoms with Crippen LogP contribution < -0.4 is 10.6 Å². The summed E-state index contributed by atoms with van der Waals surface area (Å²) < 4.78 is 126. The summed E-state index contributed by atoms with van der Waals surface area (Å²) in [4.78, 5) is 46.4. The van der Waals surface area contributed by atoms with E-state index in [0.717, 1.165) is 87.8 Å². The summed E-state index contributed by atoms with van der Waals surface area (Å²) in [7, 11) is 2.75. The Morgan fingerprint density at radius 1 is 0.613 bits per heavy atom. The molecule has 4 unspecified atom stereocenters. The number of benzene rings is 4. The first-order chi connectivity index (χ1) is 38.8. The minimum Gasteiger partial charge on any atom is -0.461 e. The van der Waals surface area contributed by atoms with Crippen LogP contribution in [0, 0.1) is 46.7 Å². The van der Waals surface area contributed by atoms with Crippen molar-refractivity contribution in [2.75, 3.05) is 21.0 Å². The number of hydrogen-bond acceptors (Lipinski definition) is 8. The highest BCUT2D eigenvalue weighted by atomic mass is 19.2. The van der Waals surface area contributed by atoms with E-state index in [9.17, 15) is 0 Å². The van der Waals surface area contributed by atoms with Gasteiger partial charge in [-0.3, -0.25) is 9.59 Å². The second kappa shape index (κ2) is 23.2. The van der Waals surface area contributed by atoms with E-state index in [1.165, 1.54) is 20.5 Å². The van der Waals surface area contributed by atoms with Crippen molar-refractivity contribution in [3.63, 3.8) is 0 Å². The highest BCUT2D eigenvalue weighted by Gasteiger charge is 2.72. The third kappa shape index (κ3) is 9.72. The molecular weight excluding hydrogens is 1040 g/mol. The average Bonchev–Trinajstić information content (AvgIpc) is 4.38. The summed E-state index contributed by atoms with van der Waals surface area (Å²) >= 11 is 0. The van der Waals surface area contributed by atoms with Gasteiger partial charge in [-0.05, 0) is 86.5 Å². The molecule has 18 heteroatoms. The van der Waals surface area contributed by atoms with Crippen LogP contribution in [0.2, 0.25) is 0 Å². The van der Waals surface area contributed by atoms with Crippen LogP contribution in [0.15, 0.2) is 84.8 Å². The molecule has 4 aliphatic carbocycles. The van der Waals surface area contributed by atoms with Crippen LogP contribution in [0.25, 0.3) is 22.1 Å². The van der Waals surface area contributed by atoms with Gasteiger partial charge in [0.15, 0.2) is 51.5 Å². The van der Waals surface area contributed by atoms with Gasteiger partial charge < -0.3 is 38.7 Å². The number of amides is 2. The smallest absolute Gasteiger partial charge is 0.249 e. The Labute approximate surface area is 462 Å². The molecule has 0 saturated heterocycles. The van der Waals surface area contributed by atoms with E-state index in [4.69, 9.17) is 28.9 Å². The van der Waals surface area contributed by atoms with E-state index in [1.54, 1.807) is 9.13 Å². The number of imidazole rings is 2. The molecule has 4 atom stereocenters. The summed E-state index contributed by atoms with van der Waals surface area (Å²) in [5.74, 6) is -10.2. The van der Waals surface area contributed by atoms with E-state index in [2.05, 4.69) is 10.6 Å². The second-order valence-corrected chi connectivity index (χ2v) is 22.8.